The second-order valence-electron chi connectivity index (χ2n) is 6.32. The van der Waals surface area contributed by atoms with Gasteiger partial charge < -0.3 is 10.1 Å². The Morgan fingerprint density at radius 2 is 2.00 bits per heavy atom. The molecule has 100 valence electrons. The fourth-order valence-corrected chi connectivity index (χ4v) is 2.54. The summed E-state index contributed by atoms with van der Waals surface area (Å²) in [5.74, 6) is 1.02. The van der Waals surface area contributed by atoms with E-state index < -0.39 is 0 Å². The maximum absolute atomic E-state index is 6.10. The van der Waals surface area contributed by atoms with Crippen LogP contribution in [-0.4, -0.2) is 19.2 Å². The largest absolute Gasteiger partial charge is 0.490 e. The Hall–Kier alpha value is -1.02. The van der Waals surface area contributed by atoms with Crippen LogP contribution in [0.3, 0.4) is 0 Å². The van der Waals surface area contributed by atoms with Gasteiger partial charge in [-0.3, -0.25) is 0 Å². The molecule has 2 nitrogen and oxygen atoms in total. The molecular weight excluding hydrogens is 222 g/mol. The van der Waals surface area contributed by atoms with E-state index in [2.05, 4.69) is 50.4 Å². The smallest absolute Gasteiger partial charge is 0.120 e. The second kappa shape index (κ2) is 5.31. The molecule has 0 saturated heterocycles. The molecule has 1 aliphatic rings. The van der Waals surface area contributed by atoms with E-state index in [4.69, 9.17) is 4.74 Å². The van der Waals surface area contributed by atoms with Gasteiger partial charge in [0.05, 0.1) is 0 Å². The summed E-state index contributed by atoms with van der Waals surface area (Å²) in [5, 5.41) is 3.34. The van der Waals surface area contributed by atoms with Gasteiger partial charge in [0.25, 0.3) is 0 Å². The molecule has 0 heterocycles. The average molecular weight is 247 g/mol. The lowest BCUT2D eigenvalue weighted by Gasteiger charge is -2.21. The molecule has 0 bridgehead atoms. The summed E-state index contributed by atoms with van der Waals surface area (Å²) in [6.45, 7) is 6.70. The first-order chi connectivity index (χ1) is 8.49. The standard InChI is InChI=1S/C16H25NO/c1-16(2,3)12-6-5-7-14(10-12)18-15-9-8-13(11-15)17-4/h5-7,10,13,15,17H,8-9,11H2,1-4H3. The van der Waals surface area contributed by atoms with Crippen molar-refractivity contribution >= 4 is 0 Å². The Kier molecular flexibility index (Phi) is 3.96. The van der Waals surface area contributed by atoms with Gasteiger partial charge in [-0.05, 0) is 49.4 Å². The number of ether oxygens (including phenoxy) is 1. The van der Waals surface area contributed by atoms with Crippen LogP contribution in [0.1, 0.15) is 45.6 Å². The van der Waals surface area contributed by atoms with Crippen molar-refractivity contribution < 1.29 is 4.74 Å². The van der Waals surface area contributed by atoms with Gasteiger partial charge in [-0.1, -0.05) is 32.9 Å². The summed E-state index contributed by atoms with van der Waals surface area (Å²) >= 11 is 0. The molecular formula is C16H25NO. The average Bonchev–Trinajstić information content (AvgIpc) is 2.76. The highest BCUT2D eigenvalue weighted by Crippen LogP contribution is 2.28. The fourth-order valence-electron chi connectivity index (χ4n) is 2.54. The Morgan fingerprint density at radius 3 is 2.61 bits per heavy atom. The van der Waals surface area contributed by atoms with Gasteiger partial charge in [-0.25, -0.2) is 0 Å². The fraction of sp³-hybridized carbons (Fsp3) is 0.625. The lowest BCUT2D eigenvalue weighted by molar-refractivity contribution is 0.206. The molecule has 1 aromatic carbocycles. The van der Waals surface area contributed by atoms with Crippen molar-refractivity contribution in [2.45, 2.75) is 57.6 Å². The van der Waals surface area contributed by atoms with Crippen LogP contribution in [0.2, 0.25) is 0 Å². The Labute approximate surface area is 111 Å². The van der Waals surface area contributed by atoms with E-state index in [1.54, 1.807) is 0 Å². The van der Waals surface area contributed by atoms with E-state index in [1.165, 1.54) is 12.0 Å². The summed E-state index contributed by atoms with van der Waals surface area (Å²) in [5.41, 5.74) is 1.52. The van der Waals surface area contributed by atoms with Crippen molar-refractivity contribution in [2.24, 2.45) is 0 Å². The van der Waals surface area contributed by atoms with Crippen molar-refractivity contribution in [3.05, 3.63) is 29.8 Å². The summed E-state index contributed by atoms with van der Waals surface area (Å²) in [6, 6.07) is 9.16. The second-order valence-corrected chi connectivity index (χ2v) is 6.32. The van der Waals surface area contributed by atoms with Crippen LogP contribution < -0.4 is 10.1 Å². The van der Waals surface area contributed by atoms with Gasteiger partial charge in [0.2, 0.25) is 0 Å². The third-order valence-electron chi connectivity index (χ3n) is 3.80. The highest BCUT2D eigenvalue weighted by atomic mass is 16.5. The van der Waals surface area contributed by atoms with Gasteiger partial charge in [0.1, 0.15) is 11.9 Å². The minimum Gasteiger partial charge on any atom is -0.490 e. The monoisotopic (exact) mass is 247 g/mol. The van der Waals surface area contributed by atoms with Crippen LogP contribution in [-0.2, 0) is 5.41 Å². The van der Waals surface area contributed by atoms with Crippen molar-refractivity contribution in [2.75, 3.05) is 7.05 Å². The van der Waals surface area contributed by atoms with Gasteiger partial charge >= 0.3 is 0 Å². The molecule has 1 N–H and O–H groups in total. The molecule has 1 aromatic rings. The maximum Gasteiger partial charge on any atom is 0.120 e. The van der Waals surface area contributed by atoms with E-state index in [-0.39, 0.29) is 5.41 Å². The molecule has 0 radical (unpaired) electrons. The normalized spacial score (nSPS) is 24.2. The van der Waals surface area contributed by atoms with Crippen LogP contribution >= 0.6 is 0 Å². The van der Waals surface area contributed by atoms with Crippen LogP contribution in [0.25, 0.3) is 0 Å². The topological polar surface area (TPSA) is 21.3 Å². The SMILES string of the molecule is CNC1CCC(Oc2cccc(C(C)(C)C)c2)C1. The predicted octanol–water partition coefficient (Wildman–Crippen LogP) is 3.50. The number of nitrogens with one attached hydrogen (secondary N) is 1. The zero-order valence-corrected chi connectivity index (χ0v) is 12.0. The lowest BCUT2D eigenvalue weighted by Crippen LogP contribution is -2.23. The lowest BCUT2D eigenvalue weighted by atomic mass is 9.87. The summed E-state index contributed by atoms with van der Waals surface area (Å²) < 4.78 is 6.10. The van der Waals surface area contributed by atoms with E-state index in [0.717, 1.165) is 18.6 Å². The zero-order chi connectivity index (χ0) is 13.2. The molecule has 2 rings (SSSR count). The molecule has 2 unspecified atom stereocenters. The molecule has 1 fully saturated rings. The zero-order valence-electron chi connectivity index (χ0n) is 12.0. The molecule has 0 amide bonds. The molecule has 1 aliphatic carbocycles. The molecule has 2 atom stereocenters. The highest BCUT2D eigenvalue weighted by molar-refractivity contribution is 5.32. The van der Waals surface area contributed by atoms with Crippen molar-refractivity contribution in [1.29, 1.82) is 0 Å². The molecule has 2 heteroatoms. The third kappa shape index (κ3) is 3.26. The van der Waals surface area contributed by atoms with Crippen LogP contribution in [0.4, 0.5) is 0 Å². The van der Waals surface area contributed by atoms with E-state index in [9.17, 15) is 0 Å². The van der Waals surface area contributed by atoms with Gasteiger partial charge in [0, 0.05) is 6.04 Å². The Bertz CT molecular complexity index is 394. The molecule has 18 heavy (non-hydrogen) atoms. The van der Waals surface area contributed by atoms with Gasteiger partial charge in [0.15, 0.2) is 0 Å². The molecule has 0 spiro atoms. The minimum absolute atomic E-state index is 0.183. The predicted molar refractivity (Wildman–Crippen MR) is 76.3 cm³/mol. The van der Waals surface area contributed by atoms with Crippen molar-refractivity contribution in [3.8, 4) is 5.75 Å². The quantitative estimate of drug-likeness (QED) is 0.882. The van der Waals surface area contributed by atoms with Crippen LogP contribution in [0.5, 0.6) is 5.75 Å². The number of rotatable bonds is 3. The van der Waals surface area contributed by atoms with Crippen LogP contribution in [0.15, 0.2) is 24.3 Å². The molecule has 1 saturated carbocycles. The third-order valence-corrected chi connectivity index (χ3v) is 3.80. The number of hydrogen-bond acceptors (Lipinski definition) is 2. The maximum atomic E-state index is 6.10. The minimum atomic E-state index is 0.183. The first-order valence-electron chi connectivity index (χ1n) is 6.93. The number of hydrogen-bond donors (Lipinski definition) is 1. The number of benzene rings is 1. The summed E-state index contributed by atoms with van der Waals surface area (Å²) in [6.07, 6.45) is 3.87. The molecule has 0 aliphatic heterocycles. The first kappa shape index (κ1) is 13.4. The van der Waals surface area contributed by atoms with E-state index in [1.807, 2.05) is 7.05 Å². The van der Waals surface area contributed by atoms with E-state index in [0.29, 0.717) is 12.1 Å². The highest BCUT2D eigenvalue weighted by Gasteiger charge is 2.25. The summed E-state index contributed by atoms with van der Waals surface area (Å²) in [7, 11) is 2.03. The first-order valence-corrected chi connectivity index (χ1v) is 6.93. The van der Waals surface area contributed by atoms with E-state index >= 15 is 0 Å². The van der Waals surface area contributed by atoms with Gasteiger partial charge in [-0.2, -0.15) is 0 Å². The summed E-state index contributed by atoms with van der Waals surface area (Å²) in [4.78, 5) is 0. The Morgan fingerprint density at radius 1 is 1.22 bits per heavy atom. The van der Waals surface area contributed by atoms with Crippen LogP contribution in [0, 0.1) is 0 Å². The van der Waals surface area contributed by atoms with Crippen molar-refractivity contribution in [3.63, 3.8) is 0 Å². The Balaban J connectivity index is 2.02. The molecule has 0 aromatic heterocycles. The van der Waals surface area contributed by atoms with Crippen molar-refractivity contribution in [1.82, 2.24) is 5.32 Å². The van der Waals surface area contributed by atoms with Gasteiger partial charge in [-0.15, -0.1) is 0 Å².